The maximum Gasteiger partial charge on any atom is 0.237 e. The van der Waals surface area contributed by atoms with Gasteiger partial charge in [0.15, 0.2) is 0 Å². The Morgan fingerprint density at radius 1 is 1.43 bits per heavy atom. The van der Waals surface area contributed by atoms with Crippen LogP contribution in [0.4, 0.5) is 0 Å². The third-order valence-electron chi connectivity index (χ3n) is 4.71. The van der Waals surface area contributed by atoms with Gasteiger partial charge in [0.1, 0.15) is 0 Å². The second-order valence-electron chi connectivity index (χ2n) is 7.02. The van der Waals surface area contributed by atoms with E-state index in [4.69, 9.17) is 5.73 Å². The van der Waals surface area contributed by atoms with Crippen LogP contribution in [0.5, 0.6) is 0 Å². The highest BCUT2D eigenvalue weighted by Crippen LogP contribution is 2.23. The summed E-state index contributed by atoms with van der Waals surface area (Å²) in [6.45, 7) is 10.3. The Kier molecular flexibility index (Phi) is 7.10. The summed E-state index contributed by atoms with van der Waals surface area (Å²) in [7, 11) is 4.29. The number of rotatable bonds is 8. The molecular weight excluding hydrogens is 264 g/mol. The van der Waals surface area contributed by atoms with Crippen LogP contribution < -0.4 is 11.1 Å². The quantitative estimate of drug-likeness (QED) is 0.699. The van der Waals surface area contributed by atoms with Gasteiger partial charge in [-0.15, -0.1) is 0 Å². The van der Waals surface area contributed by atoms with Gasteiger partial charge in [-0.25, -0.2) is 0 Å². The zero-order chi connectivity index (χ0) is 16.0. The van der Waals surface area contributed by atoms with E-state index in [0.29, 0.717) is 6.04 Å². The van der Waals surface area contributed by atoms with Crippen molar-refractivity contribution < 1.29 is 4.79 Å². The van der Waals surface area contributed by atoms with Crippen LogP contribution in [0, 0.1) is 5.92 Å². The molecule has 5 heteroatoms. The van der Waals surface area contributed by atoms with Gasteiger partial charge >= 0.3 is 0 Å². The van der Waals surface area contributed by atoms with Crippen molar-refractivity contribution in [1.29, 1.82) is 0 Å². The SMILES string of the molecule is CCNC(C)(CC(C)N1CCC(CN(C)C)CC1)C(N)=O. The predicted octanol–water partition coefficient (Wildman–Crippen LogP) is 0.892. The van der Waals surface area contributed by atoms with Crippen molar-refractivity contribution in [2.45, 2.75) is 51.6 Å². The highest BCUT2D eigenvalue weighted by Gasteiger charge is 2.34. The lowest BCUT2D eigenvalue weighted by atomic mass is 9.89. The van der Waals surface area contributed by atoms with E-state index >= 15 is 0 Å². The molecule has 2 unspecified atom stereocenters. The minimum absolute atomic E-state index is 0.251. The van der Waals surface area contributed by atoms with Crippen LogP contribution in [0.3, 0.4) is 0 Å². The molecule has 3 N–H and O–H groups in total. The van der Waals surface area contributed by atoms with Crippen molar-refractivity contribution in [2.24, 2.45) is 11.7 Å². The summed E-state index contributed by atoms with van der Waals surface area (Å²) in [4.78, 5) is 16.5. The first kappa shape index (κ1) is 18.4. The minimum Gasteiger partial charge on any atom is -0.368 e. The van der Waals surface area contributed by atoms with Gasteiger partial charge < -0.3 is 20.9 Å². The van der Waals surface area contributed by atoms with Gasteiger partial charge in [0, 0.05) is 12.6 Å². The average molecular weight is 298 g/mol. The Labute approximate surface area is 130 Å². The molecule has 1 rings (SSSR count). The van der Waals surface area contributed by atoms with Crippen LogP contribution in [0.15, 0.2) is 0 Å². The molecule has 0 aromatic carbocycles. The fraction of sp³-hybridized carbons (Fsp3) is 0.938. The molecule has 1 aliphatic rings. The lowest BCUT2D eigenvalue weighted by molar-refractivity contribution is -0.124. The molecule has 2 atom stereocenters. The summed E-state index contributed by atoms with van der Waals surface area (Å²) in [5, 5.41) is 3.26. The molecule has 0 aromatic rings. The molecule has 0 spiro atoms. The van der Waals surface area contributed by atoms with Crippen LogP contribution in [0.25, 0.3) is 0 Å². The number of hydrogen-bond donors (Lipinski definition) is 2. The van der Waals surface area contributed by atoms with Crippen LogP contribution in [-0.2, 0) is 4.79 Å². The zero-order valence-corrected chi connectivity index (χ0v) is 14.5. The maximum absolute atomic E-state index is 11.7. The van der Waals surface area contributed by atoms with Crippen molar-refractivity contribution in [3.63, 3.8) is 0 Å². The molecule has 0 saturated carbocycles. The Morgan fingerprint density at radius 2 is 2.00 bits per heavy atom. The number of nitrogens with one attached hydrogen (secondary N) is 1. The van der Waals surface area contributed by atoms with Crippen molar-refractivity contribution in [3.8, 4) is 0 Å². The van der Waals surface area contributed by atoms with Crippen molar-refractivity contribution >= 4 is 5.91 Å². The molecule has 1 saturated heterocycles. The van der Waals surface area contributed by atoms with E-state index in [-0.39, 0.29) is 5.91 Å². The summed E-state index contributed by atoms with van der Waals surface area (Å²) in [5.74, 6) is 0.554. The van der Waals surface area contributed by atoms with Gasteiger partial charge in [-0.3, -0.25) is 4.79 Å². The number of amides is 1. The molecule has 1 amide bonds. The Bertz CT molecular complexity index is 326. The fourth-order valence-electron chi connectivity index (χ4n) is 3.46. The Morgan fingerprint density at radius 3 is 2.43 bits per heavy atom. The molecule has 0 aromatic heterocycles. The number of primary amides is 1. The molecule has 1 heterocycles. The van der Waals surface area contributed by atoms with E-state index in [0.717, 1.165) is 32.0 Å². The van der Waals surface area contributed by atoms with Crippen LogP contribution in [0.2, 0.25) is 0 Å². The van der Waals surface area contributed by atoms with E-state index in [1.54, 1.807) is 0 Å². The Hall–Kier alpha value is -0.650. The van der Waals surface area contributed by atoms with Gasteiger partial charge in [0.05, 0.1) is 5.54 Å². The standard InChI is InChI=1S/C16H34N4O/c1-6-18-16(3,15(17)21)11-13(2)20-9-7-14(8-10-20)12-19(4)5/h13-14,18H,6-12H2,1-5H3,(H2,17,21). The number of likely N-dealkylation sites (tertiary alicyclic amines) is 1. The smallest absolute Gasteiger partial charge is 0.237 e. The number of nitrogens with two attached hydrogens (primary N) is 1. The van der Waals surface area contributed by atoms with Gasteiger partial charge in [-0.1, -0.05) is 6.92 Å². The molecular formula is C16H34N4O. The summed E-state index contributed by atoms with van der Waals surface area (Å²) in [6, 6.07) is 0.377. The zero-order valence-electron chi connectivity index (χ0n) is 14.5. The minimum atomic E-state index is -0.603. The van der Waals surface area contributed by atoms with E-state index in [9.17, 15) is 4.79 Å². The second kappa shape index (κ2) is 8.11. The molecule has 0 aliphatic carbocycles. The van der Waals surface area contributed by atoms with Gasteiger partial charge in [0.2, 0.25) is 5.91 Å². The highest BCUT2D eigenvalue weighted by atomic mass is 16.1. The number of carbonyl (C=O) groups excluding carboxylic acids is 1. The third-order valence-corrected chi connectivity index (χ3v) is 4.71. The lowest BCUT2D eigenvalue weighted by Crippen LogP contribution is -2.56. The van der Waals surface area contributed by atoms with Crippen molar-refractivity contribution in [1.82, 2.24) is 15.1 Å². The van der Waals surface area contributed by atoms with E-state index in [2.05, 4.69) is 36.1 Å². The number of piperidine rings is 1. The van der Waals surface area contributed by atoms with Gasteiger partial charge in [0.25, 0.3) is 0 Å². The van der Waals surface area contributed by atoms with Gasteiger partial charge in [-0.05, 0) is 72.8 Å². The predicted molar refractivity (Wildman–Crippen MR) is 88.2 cm³/mol. The molecule has 0 radical (unpaired) electrons. The molecule has 1 aliphatic heterocycles. The molecule has 1 fully saturated rings. The van der Waals surface area contributed by atoms with Gasteiger partial charge in [-0.2, -0.15) is 0 Å². The summed E-state index contributed by atoms with van der Waals surface area (Å²) in [6.07, 6.45) is 3.27. The number of carbonyl (C=O) groups is 1. The van der Waals surface area contributed by atoms with Crippen molar-refractivity contribution in [2.75, 3.05) is 40.3 Å². The normalized spacial score (nSPS) is 22.2. The van der Waals surface area contributed by atoms with Crippen molar-refractivity contribution in [3.05, 3.63) is 0 Å². The summed E-state index contributed by atoms with van der Waals surface area (Å²) in [5.41, 5.74) is 4.98. The largest absolute Gasteiger partial charge is 0.368 e. The lowest BCUT2D eigenvalue weighted by Gasteiger charge is -2.40. The molecule has 21 heavy (non-hydrogen) atoms. The summed E-state index contributed by atoms with van der Waals surface area (Å²) >= 11 is 0. The van der Waals surface area contributed by atoms with Crippen LogP contribution in [-0.4, -0.2) is 67.6 Å². The van der Waals surface area contributed by atoms with E-state index in [1.165, 1.54) is 19.4 Å². The summed E-state index contributed by atoms with van der Waals surface area (Å²) < 4.78 is 0. The topological polar surface area (TPSA) is 61.6 Å². The fourth-order valence-corrected chi connectivity index (χ4v) is 3.46. The first-order chi connectivity index (χ1) is 9.78. The van der Waals surface area contributed by atoms with Crippen LogP contribution >= 0.6 is 0 Å². The molecule has 0 bridgehead atoms. The highest BCUT2D eigenvalue weighted by molar-refractivity contribution is 5.84. The number of nitrogens with zero attached hydrogens (tertiary/aromatic N) is 2. The van der Waals surface area contributed by atoms with E-state index < -0.39 is 5.54 Å². The monoisotopic (exact) mass is 298 g/mol. The average Bonchev–Trinajstić information content (AvgIpc) is 2.38. The maximum atomic E-state index is 11.7. The van der Waals surface area contributed by atoms with Crippen LogP contribution in [0.1, 0.15) is 40.0 Å². The second-order valence-corrected chi connectivity index (χ2v) is 7.02. The first-order valence-corrected chi connectivity index (χ1v) is 8.22. The molecule has 124 valence electrons. The number of hydrogen-bond acceptors (Lipinski definition) is 4. The first-order valence-electron chi connectivity index (χ1n) is 8.22. The van der Waals surface area contributed by atoms with E-state index in [1.807, 2.05) is 13.8 Å². The molecule has 5 nitrogen and oxygen atoms in total. The Balaban J connectivity index is 2.49. The number of likely N-dealkylation sites (N-methyl/N-ethyl adjacent to an activating group) is 1. The third kappa shape index (κ3) is 5.57.